The van der Waals surface area contributed by atoms with Crippen molar-refractivity contribution in [2.45, 2.75) is 40.5 Å². The molecule has 0 aromatic heterocycles. The van der Waals surface area contributed by atoms with Crippen LogP contribution in [0.3, 0.4) is 0 Å². The summed E-state index contributed by atoms with van der Waals surface area (Å²) >= 11 is 0. The van der Waals surface area contributed by atoms with E-state index in [-0.39, 0.29) is 5.41 Å². The highest BCUT2D eigenvalue weighted by molar-refractivity contribution is 6.00. The predicted molar refractivity (Wildman–Crippen MR) is 67.8 cm³/mol. The minimum Gasteiger partial charge on any atom is -0.468 e. The molecule has 1 aliphatic rings. The molecule has 18 heavy (non-hydrogen) atoms. The lowest BCUT2D eigenvalue weighted by atomic mass is 9.74. The third kappa shape index (κ3) is 2.38. The standard InChI is InChI=1S/C14H24O4/c1-9-7-14(11(15)17-5,12(16)18-6)8-10(9)13(2,3)4/h9-10H,7-8H2,1-6H3/t9-,10-/m0/s1. The Hall–Kier alpha value is -1.06. The van der Waals surface area contributed by atoms with Gasteiger partial charge in [0.25, 0.3) is 0 Å². The Kier molecular flexibility index (Phi) is 4.08. The third-order valence-electron chi connectivity index (χ3n) is 4.19. The number of carbonyl (C=O) groups is 2. The van der Waals surface area contributed by atoms with Crippen molar-refractivity contribution in [2.24, 2.45) is 22.7 Å². The van der Waals surface area contributed by atoms with Crippen molar-refractivity contribution in [3.8, 4) is 0 Å². The van der Waals surface area contributed by atoms with Crippen LogP contribution in [-0.2, 0) is 19.1 Å². The zero-order valence-electron chi connectivity index (χ0n) is 12.2. The Balaban J connectivity index is 3.11. The van der Waals surface area contributed by atoms with Crippen LogP contribution < -0.4 is 0 Å². The summed E-state index contributed by atoms with van der Waals surface area (Å²) in [6.45, 7) is 8.50. The average molecular weight is 256 g/mol. The van der Waals surface area contributed by atoms with Crippen LogP contribution in [0.15, 0.2) is 0 Å². The summed E-state index contributed by atoms with van der Waals surface area (Å²) in [7, 11) is 2.64. The van der Waals surface area contributed by atoms with Gasteiger partial charge < -0.3 is 9.47 Å². The van der Waals surface area contributed by atoms with Gasteiger partial charge in [-0.05, 0) is 30.1 Å². The number of rotatable bonds is 2. The molecule has 0 aromatic carbocycles. The molecule has 104 valence electrons. The number of methoxy groups -OCH3 is 2. The molecule has 1 rings (SSSR count). The normalized spacial score (nSPS) is 26.8. The molecular formula is C14H24O4. The highest BCUT2D eigenvalue weighted by atomic mass is 16.5. The van der Waals surface area contributed by atoms with Crippen molar-refractivity contribution in [3.63, 3.8) is 0 Å². The first-order chi connectivity index (χ1) is 8.19. The maximum atomic E-state index is 12.0. The van der Waals surface area contributed by atoms with Crippen LogP contribution in [0.2, 0.25) is 0 Å². The van der Waals surface area contributed by atoms with E-state index in [2.05, 4.69) is 27.7 Å². The lowest BCUT2D eigenvalue weighted by Crippen LogP contribution is -2.39. The molecule has 2 atom stereocenters. The maximum absolute atomic E-state index is 12.0. The van der Waals surface area contributed by atoms with Gasteiger partial charge in [-0.15, -0.1) is 0 Å². The molecule has 0 N–H and O–H groups in total. The fraction of sp³-hybridized carbons (Fsp3) is 0.857. The van der Waals surface area contributed by atoms with E-state index in [0.717, 1.165) is 0 Å². The summed E-state index contributed by atoms with van der Waals surface area (Å²) in [5, 5.41) is 0. The summed E-state index contributed by atoms with van der Waals surface area (Å²) in [6, 6.07) is 0. The SMILES string of the molecule is COC(=O)C1(C(=O)OC)C[C@H](C)[C@@H](C(C)(C)C)C1. The van der Waals surface area contributed by atoms with Gasteiger partial charge in [0.1, 0.15) is 0 Å². The van der Waals surface area contributed by atoms with Crippen LogP contribution in [0.5, 0.6) is 0 Å². The van der Waals surface area contributed by atoms with Gasteiger partial charge in [-0.1, -0.05) is 27.7 Å². The quantitative estimate of drug-likeness (QED) is 0.562. The van der Waals surface area contributed by atoms with Crippen molar-refractivity contribution < 1.29 is 19.1 Å². The lowest BCUT2D eigenvalue weighted by molar-refractivity contribution is -0.169. The minimum absolute atomic E-state index is 0.0587. The van der Waals surface area contributed by atoms with Crippen LogP contribution in [0.25, 0.3) is 0 Å². The van der Waals surface area contributed by atoms with E-state index in [0.29, 0.717) is 24.7 Å². The minimum atomic E-state index is -1.11. The lowest BCUT2D eigenvalue weighted by Gasteiger charge is -2.31. The number of carbonyl (C=O) groups excluding carboxylic acids is 2. The van der Waals surface area contributed by atoms with Crippen LogP contribution >= 0.6 is 0 Å². The molecule has 0 aromatic rings. The smallest absolute Gasteiger partial charge is 0.323 e. The van der Waals surface area contributed by atoms with Crippen molar-refractivity contribution in [1.29, 1.82) is 0 Å². The van der Waals surface area contributed by atoms with Gasteiger partial charge in [-0.3, -0.25) is 9.59 Å². The Morgan fingerprint density at radius 1 is 1.06 bits per heavy atom. The van der Waals surface area contributed by atoms with Gasteiger partial charge in [-0.2, -0.15) is 0 Å². The topological polar surface area (TPSA) is 52.6 Å². The average Bonchev–Trinajstić information content (AvgIpc) is 2.66. The Morgan fingerprint density at radius 2 is 1.50 bits per heavy atom. The molecule has 0 heterocycles. The molecule has 0 aliphatic heterocycles. The predicted octanol–water partition coefficient (Wildman–Crippen LogP) is 2.41. The fourth-order valence-electron chi connectivity index (χ4n) is 3.32. The molecule has 4 nitrogen and oxygen atoms in total. The molecule has 1 saturated carbocycles. The number of hydrogen-bond acceptors (Lipinski definition) is 4. The Labute approximate surface area is 109 Å². The van der Waals surface area contributed by atoms with E-state index < -0.39 is 17.4 Å². The second kappa shape index (κ2) is 4.90. The Bertz CT molecular complexity index is 324. The molecule has 1 fully saturated rings. The van der Waals surface area contributed by atoms with Crippen molar-refractivity contribution in [3.05, 3.63) is 0 Å². The van der Waals surface area contributed by atoms with E-state index in [9.17, 15) is 9.59 Å². The van der Waals surface area contributed by atoms with Crippen LogP contribution in [-0.4, -0.2) is 26.2 Å². The first-order valence-electron chi connectivity index (χ1n) is 6.36. The van der Waals surface area contributed by atoms with Gasteiger partial charge in [0.05, 0.1) is 14.2 Å². The maximum Gasteiger partial charge on any atom is 0.323 e. The van der Waals surface area contributed by atoms with E-state index in [1.54, 1.807) is 0 Å². The number of ether oxygens (including phenoxy) is 2. The van der Waals surface area contributed by atoms with Crippen molar-refractivity contribution in [2.75, 3.05) is 14.2 Å². The summed E-state index contributed by atoms with van der Waals surface area (Å²) in [6.07, 6.45) is 1.02. The number of hydrogen-bond donors (Lipinski definition) is 0. The Morgan fingerprint density at radius 3 is 1.78 bits per heavy atom. The van der Waals surface area contributed by atoms with Crippen LogP contribution in [0, 0.1) is 22.7 Å². The monoisotopic (exact) mass is 256 g/mol. The van der Waals surface area contributed by atoms with Gasteiger partial charge in [0.15, 0.2) is 5.41 Å². The molecule has 0 saturated heterocycles. The largest absolute Gasteiger partial charge is 0.468 e. The zero-order valence-corrected chi connectivity index (χ0v) is 12.2. The van der Waals surface area contributed by atoms with Gasteiger partial charge in [0.2, 0.25) is 0 Å². The van der Waals surface area contributed by atoms with Crippen molar-refractivity contribution >= 4 is 11.9 Å². The zero-order chi connectivity index (χ0) is 14.1. The molecule has 0 unspecified atom stereocenters. The first kappa shape index (κ1) is 15.0. The molecule has 0 radical (unpaired) electrons. The van der Waals surface area contributed by atoms with Gasteiger partial charge in [-0.25, -0.2) is 0 Å². The molecule has 0 amide bonds. The summed E-state index contributed by atoms with van der Waals surface area (Å²) in [4.78, 5) is 24.1. The van der Waals surface area contributed by atoms with E-state index >= 15 is 0 Å². The van der Waals surface area contributed by atoms with E-state index in [1.807, 2.05) is 0 Å². The molecule has 4 heteroatoms. The van der Waals surface area contributed by atoms with Gasteiger partial charge >= 0.3 is 11.9 Å². The third-order valence-corrected chi connectivity index (χ3v) is 4.19. The van der Waals surface area contributed by atoms with Gasteiger partial charge in [0, 0.05) is 0 Å². The summed E-state index contributed by atoms with van der Waals surface area (Å²) in [5.41, 5.74) is -1.05. The number of esters is 2. The van der Waals surface area contributed by atoms with E-state index in [1.165, 1.54) is 14.2 Å². The first-order valence-corrected chi connectivity index (χ1v) is 6.36. The second-order valence-electron chi connectivity index (χ2n) is 6.42. The van der Waals surface area contributed by atoms with Crippen LogP contribution in [0.1, 0.15) is 40.5 Å². The molecule has 0 spiro atoms. The fourth-order valence-corrected chi connectivity index (χ4v) is 3.32. The molecular weight excluding hydrogens is 232 g/mol. The van der Waals surface area contributed by atoms with Crippen LogP contribution in [0.4, 0.5) is 0 Å². The summed E-state index contributed by atoms with van der Waals surface area (Å²) in [5.74, 6) is -0.334. The highest BCUT2D eigenvalue weighted by Gasteiger charge is 2.58. The summed E-state index contributed by atoms with van der Waals surface area (Å²) < 4.78 is 9.66. The second-order valence-corrected chi connectivity index (χ2v) is 6.42. The van der Waals surface area contributed by atoms with E-state index in [4.69, 9.17) is 9.47 Å². The van der Waals surface area contributed by atoms with Crippen molar-refractivity contribution in [1.82, 2.24) is 0 Å². The molecule has 1 aliphatic carbocycles. The highest BCUT2D eigenvalue weighted by Crippen LogP contribution is 2.53. The molecule has 0 bridgehead atoms.